The van der Waals surface area contributed by atoms with Gasteiger partial charge in [0.15, 0.2) is 0 Å². The predicted molar refractivity (Wildman–Crippen MR) is 106 cm³/mol. The molecule has 0 fully saturated rings. The van der Waals surface area contributed by atoms with Gasteiger partial charge in [-0.1, -0.05) is 42.4 Å². The maximum Gasteiger partial charge on any atom is 0.336 e. The lowest BCUT2D eigenvalue weighted by Crippen LogP contribution is -2.00. The minimum Gasteiger partial charge on any atom is -0.423 e. The summed E-state index contributed by atoms with van der Waals surface area (Å²) in [4.78, 5) is 11.9. The summed E-state index contributed by atoms with van der Waals surface area (Å²) in [6.45, 7) is 2.06. The highest BCUT2D eigenvalue weighted by Gasteiger charge is 2.12. The van der Waals surface area contributed by atoms with Crippen LogP contribution in [0.3, 0.4) is 0 Å². The van der Waals surface area contributed by atoms with Crippen LogP contribution in [0.15, 0.2) is 67.4 Å². The molecule has 4 aromatic rings. The second-order valence-electron chi connectivity index (χ2n) is 5.94. The zero-order valence-electron chi connectivity index (χ0n) is 14.4. The SMILES string of the molecule is CCc1ccc2c(CSc3nnc(-c4ccc(Cl)cc4)o3)cc(=O)oc2c1. The van der Waals surface area contributed by atoms with Gasteiger partial charge in [-0.2, -0.15) is 0 Å². The number of rotatable bonds is 5. The van der Waals surface area contributed by atoms with Crippen molar-refractivity contribution in [3.63, 3.8) is 0 Å². The Balaban J connectivity index is 1.57. The lowest BCUT2D eigenvalue weighted by molar-refractivity contribution is 0.466. The van der Waals surface area contributed by atoms with Gasteiger partial charge in [0.05, 0.1) is 0 Å². The highest BCUT2D eigenvalue weighted by Crippen LogP contribution is 2.29. The quantitative estimate of drug-likeness (QED) is 0.333. The fraction of sp³-hybridized carbons (Fsp3) is 0.150. The molecule has 0 N–H and O–H groups in total. The molecule has 0 spiro atoms. The lowest BCUT2D eigenvalue weighted by Gasteiger charge is -2.05. The Morgan fingerprint density at radius 2 is 1.85 bits per heavy atom. The third-order valence-corrected chi connectivity index (χ3v) is 5.27. The summed E-state index contributed by atoms with van der Waals surface area (Å²) in [5.41, 5.74) is 3.04. The van der Waals surface area contributed by atoms with Gasteiger partial charge in [-0.05, 0) is 47.9 Å². The first-order valence-corrected chi connectivity index (χ1v) is 9.76. The van der Waals surface area contributed by atoms with Crippen molar-refractivity contribution in [3.05, 3.63) is 75.1 Å². The van der Waals surface area contributed by atoms with Gasteiger partial charge in [-0.25, -0.2) is 4.79 Å². The number of halogens is 1. The molecule has 0 saturated heterocycles. The molecule has 2 heterocycles. The van der Waals surface area contributed by atoms with Gasteiger partial charge in [-0.15, -0.1) is 10.2 Å². The molecule has 0 atom stereocenters. The predicted octanol–water partition coefficient (Wildman–Crippen LogP) is 5.35. The van der Waals surface area contributed by atoms with Crippen molar-refractivity contribution < 1.29 is 8.83 Å². The first-order chi connectivity index (χ1) is 13.1. The maximum atomic E-state index is 11.9. The Hall–Kier alpha value is -2.57. The highest BCUT2D eigenvalue weighted by atomic mass is 35.5. The van der Waals surface area contributed by atoms with E-state index < -0.39 is 0 Å². The first kappa shape index (κ1) is 17.8. The Bertz CT molecular complexity index is 1150. The monoisotopic (exact) mass is 398 g/mol. The van der Waals surface area contributed by atoms with E-state index >= 15 is 0 Å². The number of fused-ring (bicyclic) bond motifs is 1. The molecule has 0 bridgehead atoms. The molecule has 0 unspecified atom stereocenters. The minimum absolute atomic E-state index is 0.362. The summed E-state index contributed by atoms with van der Waals surface area (Å²) < 4.78 is 11.0. The largest absolute Gasteiger partial charge is 0.423 e. The molecule has 0 aliphatic carbocycles. The van der Waals surface area contributed by atoms with Crippen molar-refractivity contribution >= 4 is 34.3 Å². The molecule has 0 radical (unpaired) electrons. The first-order valence-electron chi connectivity index (χ1n) is 8.40. The van der Waals surface area contributed by atoms with Crippen LogP contribution < -0.4 is 5.63 Å². The Labute approximate surface area is 164 Å². The van der Waals surface area contributed by atoms with Crippen LogP contribution in [-0.2, 0) is 12.2 Å². The Kier molecular flexibility index (Phi) is 5.01. The van der Waals surface area contributed by atoms with E-state index in [1.165, 1.54) is 17.8 Å². The molecule has 5 nitrogen and oxygen atoms in total. The van der Waals surface area contributed by atoms with E-state index in [1.807, 2.05) is 30.3 Å². The number of benzene rings is 2. The Morgan fingerprint density at radius 3 is 2.63 bits per heavy atom. The number of hydrogen-bond donors (Lipinski definition) is 0. The second-order valence-corrected chi connectivity index (χ2v) is 7.31. The van der Waals surface area contributed by atoms with Crippen molar-refractivity contribution in [2.24, 2.45) is 0 Å². The van der Waals surface area contributed by atoms with Crippen LogP contribution in [0.4, 0.5) is 0 Å². The third kappa shape index (κ3) is 3.91. The van der Waals surface area contributed by atoms with Gasteiger partial charge in [0.1, 0.15) is 5.58 Å². The normalized spacial score (nSPS) is 11.2. The fourth-order valence-corrected chi connectivity index (χ4v) is 3.61. The van der Waals surface area contributed by atoms with Gasteiger partial charge >= 0.3 is 5.63 Å². The summed E-state index contributed by atoms with van der Waals surface area (Å²) in [7, 11) is 0. The molecule has 2 aromatic carbocycles. The van der Waals surface area contributed by atoms with E-state index in [2.05, 4.69) is 17.1 Å². The van der Waals surface area contributed by atoms with Crippen molar-refractivity contribution in [1.29, 1.82) is 0 Å². The van der Waals surface area contributed by atoms with Crippen molar-refractivity contribution in [3.8, 4) is 11.5 Å². The second kappa shape index (κ2) is 7.58. The van der Waals surface area contributed by atoms with Crippen molar-refractivity contribution in [1.82, 2.24) is 10.2 Å². The zero-order chi connectivity index (χ0) is 18.8. The van der Waals surface area contributed by atoms with E-state index in [0.29, 0.717) is 27.5 Å². The van der Waals surface area contributed by atoms with Gasteiger partial charge in [0, 0.05) is 27.8 Å². The van der Waals surface area contributed by atoms with Crippen molar-refractivity contribution in [2.75, 3.05) is 0 Å². The van der Waals surface area contributed by atoms with Crippen LogP contribution in [0.5, 0.6) is 0 Å². The molecule has 0 aliphatic heterocycles. The van der Waals surface area contributed by atoms with Crippen LogP contribution in [0.2, 0.25) is 5.02 Å². The average Bonchev–Trinajstić information content (AvgIpc) is 3.15. The smallest absolute Gasteiger partial charge is 0.336 e. The molecule has 0 aliphatic rings. The van der Waals surface area contributed by atoms with Gasteiger partial charge in [0.2, 0.25) is 5.89 Å². The summed E-state index contributed by atoms with van der Waals surface area (Å²) >= 11 is 7.28. The maximum absolute atomic E-state index is 11.9. The molecule has 27 heavy (non-hydrogen) atoms. The number of aromatic nitrogens is 2. The highest BCUT2D eigenvalue weighted by molar-refractivity contribution is 7.98. The lowest BCUT2D eigenvalue weighted by atomic mass is 10.1. The fourth-order valence-electron chi connectivity index (χ4n) is 2.73. The van der Waals surface area contributed by atoms with E-state index in [0.717, 1.165) is 28.5 Å². The number of nitrogens with zero attached hydrogens (tertiary/aromatic N) is 2. The summed E-state index contributed by atoms with van der Waals surface area (Å²) in [5.74, 6) is 0.953. The molecule has 0 amide bonds. The van der Waals surface area contributed by atoms with Crippen LogP contribution in [0.1, 0.15) is 18.1 Å². The van der Waals surface area contributed by atoms with Crippen molar-refractivity contribution in [2.45, 2.75) is 24.3 Å². The standard InChI is InChI=1S/C20H15ClN2O3S/c1-2-12-3-8-16-14(10-18(24)25-17(16)9-12)11-27-20-23-22-19(26-20)13-4-6-15(21)7-5-13/h3-10H,2,11H2,1H3. The van der Waals surface area contributed by atoms with E-state index in [1.54, 1.807) is 12.1 Å². The van der Waals surface area contributed by atoms with E-state index in [4.69, 9.17) is 20.4 Å². The van der Waals surface area contributed by atoms with Gasteiger partial charge in [0.25, 0.3) is 5.22 Å². The topological polar surface area (TPSA) is 69.1 Å². The Morgan fingerprint density at radius 1 is 1.04 bits per heavy atom. The molecule has 136 valence electrons. The number of thioether (sulfide) groups is 1. The number of hydrogen-bond acceptors (Lipinski definition) is 6. The minimum atomic E-state index is -0.362. The third-order valence-electron chi connectivity index (χ3n) is 4.15. The van der Waals surface area contributed by atoms with Crippen LogP contribution >= 0.6 is 23.4 Å². The molecule has 0 saturated carbocycles. The van der Waals surface area contributed by atoms with E-state index in [-0.39, 0.29) is 5.63 Å². The number of aryl methyl sites for hydroxylation is 1. The van der Waals surface area contributed by atoms with Gasteiger partial charge in [-0.3, -0.25) is 0 Å². The zero-order valence-corrected chi connectivity index (χ0v) is 16.0. The van der Waals surface area contributed by atoms with Crippen LogP contribution in [0.25, 0.3) is 22.4 Å². The molecule has 7 heteroatoms. The summed E-state index contributed by atoms with van der Waals surface area (Å²) in [6.07, 6.45) is 0.883. The molecule has 4 rings (SSSR count). The molecular formula is C20H15ClN2O3S. The molecular weight excluding hydrogens is 384 g/mol. The average molecular weight is 399 g/mol. The van der Waals surface area contributed by atoms with Gasteiger partial charge < -0.3 is 8.83 Å². The van der Waals surface area contributed by atoms with Crippen LogP contribution in [0, 0.1) is 0 Å². The van der Waals surface area contributed by atoms with E-state index in [9.17, 15) is 4.79 Å². The summed E-state index contributed by atoms with van der Waals surface area (Å²) in [6, 6.07) is 14.6. The van der Waals surface area contributed by atoms with Crippen LogP contribution in [-0.4, -0.2) is 10.2 Å². The molecule has 2 aromatic heterocycles. The summed E-state index contributed by atoms with van der Waals surface area (Å²) in [5, 5.41) is 10.1.